The molecule has 0 saturated heterocycles. The Balaban J connectivity index is 2.28. The topological polar surface area (TPSA) is 121 Å². The van der Waals surface area contributed by atoms with Crippen LogP contribution < -0.4 is 15.8 Å². The quantitative estimate of drug-likeness (QED) is 0.665. The fourth-order valence-corrected chi connectivity index (χ4v) is 3.14. The number of nitrogen functional groups attached to an aromatic ring is 1. The SMILES string of the molecule is CC(C)CC(C)(COc1ccc(-c2ccnc(N)c2F)cc1C#N)NC(=O)O. The highest BCUT2D eigenvalue weighted by Crippen LogP contribution is 2.30. The number of rotatable bonds is 7. The summed E-state index contributed by atoms with van der Waals surface area (Å²) in [5, 5.41) is 21.0. The van der Waals surface area contributed by atoms with Crippen LogP contribution in [0, 0.1) is 23.1 Å². The van der Waals surface area contributed by atoms with Gasteiger partial charge in [0, 0.05) is 11.8 Å². The number of carboxylic acid groups (broad SMARTS) is 1. The number of pyridine rings is 1. The van der Waals surface area contributed by atoms with Crippen molar-refractivity contribution >= 4 is 11.9 Å². The number of hydrogen-bond acceptors (Lipinski definition) is 5. The Labute approximate surface area is 163 Å². The van der Waals surface area contributed by atoms with E-state index in [0.717, 1.165) is 0 Å². The summed E-state index contributed by atoms with van der Waals surface area (Å²) in [6.07, 6.45) is 0.799. The first-order chi connectivity index (χ1) is 13.1. The van der Waals surface area contributed by atoms with E-state index < -0.39 is 17.4 Å². The Morgan fingerprint density at radius 2 is 2.18 bits per heavy atom. The molecule has 0 bridgehead atoms. The van der Waals surface area contributed by atoms with Gasteiger partial charge in [-0.1, -0.05) is 19.9 Å². The smallest absolute Gasteiger partial charge is 0.405 e. The molecule has 1 unspecified atom stereocenters. The number of nitrogens with one attached hydrogen (secondary N) is 1. The second-order valence-corrected chi connectivity index (χ2v) is 7.26. The van der Waals surface area contributed by atoms with Gasteiger partial charge < -0.3 is 20.9 Å². The standard InChI is InChI=1S/C20H23FN4O3/c1-12(2)9-20(3,25-19(26)27)11-28-16-5-4-13(8-14(16)10-22)15-6-7-24-18(23)17(15)21/h4-8,12,25H,9,11H2,1-3H3,(H2,23,24)(H,26,27). The Kier molecular flexibility index (Phi) is 6.41. The highest BCUT2D eigenvalue weighted by molar-refractivity contribution is 5.70. The Bertz CT molecular complexity index is 911. The Morgan fingerprint density at radius 1 is 1.46 bits per heavy atom. The highest BCUT2D eigenvalue weighted by Gasteiger charge is 2.29. The monoisotopic (exact) mass is 386 g/mol. The van der Waals surface area contributed by atoms with Gasteiger partial charge in [0.05, 0.1) is 11.1 Å². The van der Waals surface area contributed by atoms with Crippen molar-refractivity contribution in [2.45, 2.75) is 32.7 Å². The first-order valence-corrected chi connectivity index (χ1v) is 8.73. The lowest BCUT2D eigenvalue weighted by Gasteiger charge is -2.31. The number of hydrogen-bond donors (Lipinski definition) is 3. The van der Waals surface area contributed by atoms with Crippen LogP contribution in [0.2, 0.25) is 0 Å². The van der Waals surface area contributed by atoms with Gasteiger partial charge in [0.2, 0.25) is 0 Å². The molecule has 7 nitrogen and oxygen atoms in total. The molecule has 28 heavy (non-hydrogen) atoms. The van der Waals surface area contributed by atoms with Crippen molar-refractivity contribution in [1.29, 1.82) is 5.26 Å². The van der Waals surface area contributed by atoms with E-state index in [9.17, 15) is 14.4 Å². The Hall–Kier alpha value is -3.34. The van der Waals surface area contributed by atoms with Crippen molar-refractivity contribution in [2.24, 2.45) is 5.92 Å². The fraction of sp³-hybridized carbons (Fsp3) is 0.350. The minimum Gasteiger partial charge on any atom is -0.490 e. The first kappa shape index (κ1) is 21.0. The first-order valence-electron chi connectivity index (χ1n) is 8.73. The number of aromatic nitrogens is 1. The van der Waals surface area contributed by atoms with E-state index in [1.807, 2.05) is 19.9 Å². The summed E-state index contributed by atoms with van der Waals surface area (Å²) in [6, 6.07) is 8.16. The van der Waals surface area contributed by atoms with Crippen molar-refractivity contribution < 1.29 is 19.0 Å². The summed E-state index contributed by atoms with van der Waals surface area (Å²) in [4.78, 5) is 14.8. The summed E-state index contributed by atoms with van der Waals surface area (Å²) < 4.78 is 20.0. The molecule has 2 rings (SSSR count). The summed E-state index contributed by atoms with van der Waals surface area (Å²) in [5.74, 6) is -0.356. The van der Waals surface area contributed by atoms with Gasteiger partial charge in [-0.15, -0.1) is 0 Å². The molecule has 1 amide bonds. The summed E-state index contributed by atoms with van der Waals surface area (Å²) >= 11 is 0. The van der Waals surface area contributed by atoms with Gasteiger partial charge in [-0.25, -0.2) is 14.2 Å². The van der Waals surface area contributed by atoms with Crippen LogP contribution in [0.3, 0.4) is 0 Å². The number of benzene rings is 1. The second kappa shape index (κ2) is 8.57. The Morgan fingerprint density at radius 3 is 2.79 bits per heavy atom. The van der Waals surface area contributed by atoms with Gasteiger partial charge in [0.15, 0.2) is 11.6 Å². The molecule has 1 aromatic heterocycles. The number of nitriles is 1. The van der Waals surface area contributed by atoms with Crippen LogP contribution in [0.4, 0.5) is 15.0 Å². The van der Waals surface area contributed by atoms with Crippen molar-refractivity contribution in [3.05, 3.63) is 41.8 Å². The van der Waals surface area contributed by atoms with E-state index in [2.05, 4.69) is 10.3 Å². The molecular formula is C20H23FN4O3. The van der Waals surface area contributed by atoms with Gasteiger partial charge in [0.1, 0.15) is 18.4 Å². The minimum absolute atomic E-state index is 0.0437. The lowest BCUT2D eigenvalue weighted by Crippen LogP contribution is -2.50. The second-order valence-electron chi connectivity index (χ2n) is 7.26. The zero-order valence-corrected chi connectivity index (χ0v) is 16.0. The van der Waals surface area contributed by atoms with Crippen molar-refractivity contribution in [2.75, 3.05) is 12.3 Å². The summed E-state index contributed by atoms with van der Waals surface area (Å²) in [6.45, 7) is 5.75. The molecule has 8 heteroatoms. The average molecular weight is 386 g/mol. The summed E-state index contributed by atoms with van der Waals surface area (Å²) in [5.41, 5.74) is 5.58. The van der Waals surface area contributed by atoms with Crippen LogP contribution in [-0.4, -0.2) is 28.3 Å². The molecule has 0 aliphatic carbocycles. The minimum atomic E-state index is -1.15. The molecule has 0 fully saturated rings. The van der Waals surface area contributed by atoms with Gasteiger partial charge in [-0.05, 0) is 43.0 Å². The largest absolute Gasteiger partial charge is 0.490 e. The van der Waals surface area contributed by atoms with E-state index >= 15 is 0 Å². The molecule has 4 N–H and O–H groups in total. The van der Waals surface area contributed by atoms with Crippen molar-refractivity contribution in [1.82, 2.24) is 10.3 Å². The van der Waals surface area contributed by atoms with Crippen LogP contribution >= 0.6 is 0 Å². The molecule has 0 spiro atoms. The van der Waals surface area contributed by atoms with E-state index in [1.54, 1.807) is 19.1 Å². The van der Waals surface area contributed by atoms with E-state index in [1.165, 1.54) is 18.3 Å². The third-order valence-corrected chi connectivity index (χ3v) is 4.14. The molecule has 148 valence electrons. The molecule has 1 atom stereocenters. The molecule has 1 heterocycles. The number of anilines is 1. The fourth-order valence-electron chi connectivity index (χ4n) is 3.14. The molecule has 2 aromatic rings. The van der Waals surface area contributed by atoms with Crippen LogP contribution in [-0.2, 0) is 0 Å². The summed E-state index contributed by atoms with van der Waals surface area (Å²) in [7, 11) is 0. The molecule has 0 aliphatic heterocycles. The lowest BCUT2D eigenvalue weighted by molar-refractivity contribution is 0.143. The maximum Gasteiger partial charge on any atom is 0.405 e. The molecular weight excluding hydrogens is 363 g/mol. The zero-order valence-electron chi connectivity index (χ0n) is 16.0. The number of carbonyl (C=O) groups is 1. The zero-order chi connectivity index (χ0) is 20.9. The highest BCUT2D eigenvalue weighted by atomic mass is 19.1. The third-order valence-electron chi connectivity index (χ3n) is 4.14. The van der Waals surface area contributed by atoms with Gasteiger partial charge >= 0.3 is 6.09 Å². The lowest BCUT2D eigenvalue weighted by atomic mass is 9.91. The van der Waals surface area contributed by atoms with E-state index in [4.69, 9.17) is 15.6 Å². The number of halogens is 1. The van der Waals surface area contributed by atoms with E-state index in [-0.39, 0.29) is 35.2 Å². The number of amides is 1. The number of nitrogens with zero attached hydrogens (tertiary/aromatic N) is 2. The van der Waals surface area contributed by atoms with Gasteiger partial charge in [-0.3, -0.25) is 0 Å². The van der Waals surface area contributed by atoms with Gasteiger partial charge in [0.25, 0.3) is 0 Å². The number of ether oxygens (including phenoxy) is 1. The third kappa shape index (κ3) is 5.10. The molecule has 0 saturated carbocycles. The predicted molar refractivity (Wildman–Crippen MR) is 103 cm³/mol. The predicted octanol–water partition coefficient (Wildman–Crippen LogP) is 3.79. The molecule has 1 aromatic carbocycles. The maximum absolute atomic E-state index is 14.2. The normalized spacial score (nSPS) is 12.9. The van der Waals surface area contributed by atoms with Gasteiger partial charge in [-0.2, -0.15) is 5.26 Å². The van der Waals surface area contributed by atoms with Crippen LogP contribution in [0.15, 0.2) is 30.5 Å². The molecule has 0 aliphatic rings. The number of nitrogens with two attached hydrogens (primary N) is 1. The average Bonchev–Trinajstić information content (AvgIpc) is 2.61. The van der Waals surface area contributed by atoms with Crippen LogP contribution in [0.1, 0.15) is 32.8 Å². The van der Waals surface area contributed by atoms with Crippen LogP contribution in [0.25, 0.3) is 11.1 Å². The van der Waals surface area contributed by atoms with Crippen molar-refractivity contribution in [3.8, 4) is 22.9 Å². The molecule has 0 radical (unpaired) electrons. The van der Waals surface area contributed by atoms with Crippen LogP contribution in [0.5, 0.6) is 5.75 Å². The van der Waals surface area contributed by atoms with E-state index in [0.29, 0.717) is 12.0 Å². The maximum atomic E-state index is 14.2. The van der Waals surface area contributed by atoms with Crippen molar-refractivity contribution in [3.63, 3.8) is 0 Å².